The van der Waals surface area contributed by atoms with Crippen molar-refractivity contribution in [2.24, 2.45) is 0 Å². The van der Waals surface area contributed by atoms with Crippen molar-refractivity contribution in [2.45, 2.75) is 56.4 Å². The SMILES string of the molecule is CS[C@H]1CCC[C@H]1N(C)c1nc(CN2CCOCC2)nc2sc3c(c12)CCC3. The predicted octanol–water partition coefficient (Wildman–Crippen LogP) is 3.73. The van der Waals surface area contributed by atoms with Crippen LogP contribution in [0.2, 0.25) is 0 Å². The molecule has 0 radical (unpaired) electrons. The monoisotopic (exact) mass is 418 g/mol. The summed E-state index contributed by atoms with van der Waals surface area (Å²) in [6.07, 6.45) is 9.89. The molecule has 1 saturated carbocycles. The largest absolute Gasteiger partial charge is 0.379 e. The van der Waals surface area contributed by atoms with Crippen molar-refractivity contribution in [3.63, 3.8) is 0 Å². The quantitative estimate of drug-likeness (QED) is 0.737. The minimum absolute atomic E-state index is 0.585. The van der Waals surface area contributed by atoms with Crippen molar-refractivity contribution in [3.05, 3.63) is 16.3 Å². The molecule has 2 aromatic rings. The summed E-state index contributed by atoms with van der Waals surface area (Å²) in [4.78, 5) is 17.9. The van der Waals surface area contributed by atoms with Gasteiger partial charge in [-0.1, -0.05) is 6.42 Å². The minimum Gasteiger partial charge on any atom is -0.379 e. The highest BCUT2D eigenvalue weighted by Crippen LogP contribution is 2.42. The fourth-order valence-electron chi connectivity index (χ4n) is 5.09. The zero-order chi connectivity index (χ0) is 19.1. The van der Waals surface area contributed by atoms with Gasteiger partial charge in [0.2, 0.25) is 0 Å². The van der Waals surface area contributed by atoms with E-state index in [0.29, 0.717) is 11.3 Å². The van der Waals surface area contributed by atoms with Crippen molar-refractivity contribution in [3.8, 4) is 0 Å². The number of ether oxygens (including phenoxy) is 1. The van der Waals surface area contributed by atoms with Gasteiger partial charge < -0.3 is 9.64 Å². The third-order valence-corrected chi connectivity index (χ3v) is 8.95. The van der Waals surface area contributed by atoms with Crippen molar-refractivity contribution in [1.82, 2.24) is 14.9 Å². The number of anilines is 1. The van der Waals surface area contributed by atoms with Crippen molar-refractivity contribution >= 4 is 39.1 Å². The van der Waals surface area contributed by atoms with E-state index in [0.717, 1.165) is 38.7 Å². The van der Waals surface area contributed by atoms with E-state index < -0.39 is 0 Å². The van der Waals surface area contributed by atoms with Crippen LogP contribution >= 0.6 is 23.1 Å². The second kappa shape index (κ2) is 8.09. The molecule has 0 aromatic carbocycles. The number of thioether (sulfide) groups is 1. The van der Waals surface area contributed by atoms with Gasteiger partial charge in [-0.2, -0.15) is 11.8 Å². The third-order valence-electron chi connectivity index (χ3n) is 6.61. The topological polar surface area (TPSA) is 41.5 Å². The van der Waals surface area contributed by atoms with Crippen LogP contribution in [0.3, 0.4) is 0 Å². The van der Waals surface area contributed by atoms with Crippen LogP contribution in [0.25, 0.3) is 10.2 Å². The highest BCUT2D eigenvalue weighted by Gasteiger charge is 2.33. The molecule has 3 aliphatic rings. The normalized spacial score (nSPS) is 25.5. The lowest BCUT2D eigenvalue weighted by atomic mass is 10.1. The Bertz CT molecular complexity index is 849. The number of rotatable bonds is 5. The van der Waals surface area contributed by atoms with Gasteiger partial charge in [-0.05, 0) is 43.9 Å². The summed E-state index contributed by atoms with van der Waals surface area (Å²) in [5.74, 6) is 2.17. The molecular weight excluding hydrogens is 388 g/mol. The maximum absolute atomic E-state index is 5.51. The number of hydrogen-bond donors (Lipinski definition) is 0. The first-order chi connectivity index (χ1) is 13.7. The summed E-state index contributed by atoms with van der Waals surface area (Å²) in [5, 5.41) is 2.07. The maximum atomic E-state index is 5.51. The van der Waals surface area contributed by atoms with Gasteiger partial charge >= 0.3 is 0 Å². The molecule has 2 aliphatic carbocycles. The predicted molar refractivity (Wildman–Crippen MR) is 119 cm³/mol. The number of fused-ring (bicyclic) bond motifs is 3. The summed E-state index contributed by atoms with van der Waals surface area (Å²) < 4.78 is 5.51. The third kappa shape index (κ3) is 3.44. The summed E-state index contributed by atoms with van der Waals surface area (Å²) in [6.45, 7) is 4.42. The highest BCUT2D eigenvalue weighted by atomic mass is 32.2. The zero-order valence-corrected chi connectivity index (χ0v) is 18.6. The number of thiophene rings is 1. The van der Waals surface area contributed by atoms with Crippen LogP contribution in [0.15, 0.2) is 0 Å². The van der Waals surface area contributed by atoms with E-state index in [2.05, 4.69) is 23.1 Å². The molecule has 5 nitrogen and oxygen atoms in total. The lowest BCUT2D eigenvalue weighted by molar-refractivity contribution is 0.0331. The molecule has 1 saturated heterocycles. The lowest BCUT2D eigenvalue weighted by Crippen LogP contribution is -2.38. The molecule has 0 amide bonds. The molecule has 152 valence electrons. The Balaban J connectivity index is 1.54. The van der Waals surface area contributed by atoms with E-state index in [1.807, 2.05) is 23.1 Å². The molecular formula is C21H30N4OS2. The summed E-state index contributed by atoms with van der Waals surface area (Å²) in [5.41, 5.74) is 1.54. The van der Waals surface area contributed by atoms with E-state index in [1.165, 1.54) is 54.6 Å². The van der Waals surface area contributed by atoms with Crippen molar-refractivity contribution in [2.75, 3.05) is 44.5 Å². The van der Waals surface area contributed by atoms with Crippen molar-refractivity contribution in [1.29, 1.82) is 0 Å². The van der Waals surface area contributed by atoms with E-state index in [-0.39, 0.29) is 0 Å². The molecule has 0 bridgehead atoms. The lowest BCUT2D eigenvalue weighted by Gasteiger charge is -2.31. The van der Waals surface area contributed by atoms with Crippen LogP contribution in [-0.2, 0) is 24.1 Å². The fourth-order valence-corrected chi connectivity index (χ4v) is 7.40. The minimum atomic E-state index is 0.585. The van der Waals surface area contributed by atoms with Crippen LogP contribution in [0.5, 0.6) is 0 Å². The van der Waals surface area contributed by atoms with Gasteiger partial charge in [0.1, 0.15) is 16.5 Å². The van der Waals surface area contributed by atoms with E-state index >= 15 is 0 Å². The average molecular weight is 419 g/mol. The Hall–Kier alpha value is -0.890. The molecule has 3 heterocycles. The first-order valence-corrected chi connectivity index (χ1v) is 12.7. The average Bonchev–Trinajstić information content (AvgIpc) is 3.43. The molecule has 2 aromatic heterocycles. The first kappa shape index (κ1) is 19.1. The van der Waals surface area contributed by atoms with Gasteiger partial charge in [0.05, 0.1) is 25.1 Å². The Labute approximate surface area is 175 Å². The molecule has 0 unspecified atom stereocenters. The van der Waals surface area contributed by atoms with Gasteiger partial charge in [0.25, 0.3) is 0 Å². The number of morpholine rings is 1. The van der Waals surface area contributed by atoms with E-state index in [1.54, 1.807) is 10.4 Å². The van der Waals surface area contributed by atoms with Gasteiger partial charge in [-0.15, -0.1) is 11.3 Å². The van der Waals surface area contributed by atoms with Crippen LogP contribution in [0.1, 0.15) is 41.9 Å². The second-order valence-electron chi connectivity index (χ2n) is 8.27. The van der Waals surface area contributed by atoms with Gasteiger partial charge in [-0.3, -0.25) is 4.90 Å². The molecule has 28 heavy (non-hydrogen) atoms. The fraction of sp³-hybridized carbons (Fsp3) is 0.714. The van der Waals surface area contributed by atoms with Gasteiger partial charge in [0, 0.05) is 36.3 Å². The number of aromatic nitrogens is 2. The molecule has 0 spiro atoms. The molecule has 1 aliphatic heterocycles. The Kier molecular flexibility index (Phi) is 5.52. The number of hydrogen-bond acceptors (Lipinski definition) is 7. The van der Waals surface area contributed by atoms with Gasteiger partial charge in [-0.25, -0.2) is 9.97 Å². The summed E-state index contributed by atoms with van der Waals surface area (Å²) in [6, 6.07) is 0.585. The van der Waals surface area contributed by atoms with Crippen LogP contribution in [-0.4, -0.2) is 65.8 Å². The van der Waals surface area contributed by atoms with Crippen LogP contribution in [0, 0.1) is 0 Å². The summed E-state index contributed by atoms with van der Waals surface area (Å²) >= 11 is 3.94. The first-order valence-electron chi connectivity index (χ1n) is 10.6. The van der Waals surface area contributed by atoms with Crippen LogP contribution in [0.4, 0.5) is 5.82 Å². The zero-order valence-electron chi connectivity index (χ0n) is 16.9. The molecule has 2 atom stereocenters. The second-order valence-corrected chi connectivity index (χ2v) is 10.4. The Morgan fingerprint density at radius 1 is 1.18 bits per heavy atom. The Morgan fingerprint density at radius 3 is 2.86 bits per heavy atom. The van der Waals surface area contributed by atoms with E-state index in [9.17, 15) is 0 Å². The molecule has 0 N–H and O–H groups in total. The highest BCUT2D eigenvalue weighted by molar-refractivity contribution is 7.99. The smallest absolute Gasteiger partial charge is 0.146 e. The standard InChI is InChI=1S/C21H30N4OS2/c1-24(15-6-4-8-17(15)27-2)20-19-14-5-3-7-16(14)28-21(19)23-18(22-20)13-25-9-11-26-12-10-25/h15,17H,3-13H2,1-2H3/t15-,17+/m1/s1. The molecule has 5 rings (SSSR count). The van der Waals surface area contributed by atoms with Gasteiger partial charge in [0.15, 0.2) is 0 Å². The van der Waals surface area contributed by atoms with Crippen LogP contribution < -0.4 is 4.90 Å². The molecule has 2 fully saturated rings. The number of nitrogens with zero attached hydrogens (tertiary/aromatic N) is 4. The van der Waals surface area contributed by atoms with Crippen molar-refractivity contribution < 1.29 is 4.74 Å². The van der Waals surface area contributed by atoms with E-state index in [4.69, 9.17) is 14.7 Å². The Morgan fingerprint density at radius 2 is 2.04 bits per heavy atom. The summed E-state index contributed by atoms with van der Waals surface area (Å²) in [7, 11) is 2.28. The maximum Gasteiger partial charge on any atom is 0.146 e. The number of aryl methyl sites for hydroxylation is 2. The molecule has 7 heteroatoms.